The SMILES string of the molecule is CNc1ccc(Cl)c(CN(C)C(C)CSC)n1. The molecule has 3 nitrogen and oxygen atoms in total. The van der Waals surface area contributed by atoms with Gasteiger partial charge in [-0.2, -0.15) is 11.8 Å². The zero-order valence-corrected chi connectivity index (χ0v) is 12.4. The Balaban J connectivity index is 2.73. The molecule has 1 rings (SSSR count). The molecule has 1 aromatic heterocycles. The number of rotatable bonds is 6. The maximum Gasteiger partial charge on any atom is 0.126 e. The number of aromatic nitrogens is 1. The van der Waals surface area contributed by atoms with Gasteiger partial charge in [-0.15, -0.1) is 0 Å². The van der Waals surface area contributed by atoms with Gasteiger partial charge in [0.1, 0.15) is 5.82 Å². The van der Waals surface area contributed by atoms with Crippen molar-refractivity contribution in [1.82, 2.24) is 9.88 Å². The van der Waals surface area contributed by atoms with Crippen LogP contribution in [-0.4, -0.2) is 42.0 Å². The third-order valence-corrected chi connectivity index (χ3v) is 3.89. The molecular weight excluding hydrogens is 254 g/mol. The van der Waals surface area contributed by atoms with Crippen LogP contribution in [0.25, 0.3) is 0 Å². The second kappa shape index (κ2) is 7.09. The summed E-state index contributed by atoms with van der Waals surface area (Å²) in [6.45, 7) is 2.99. The van der Waals surface area contributed by atoms with Crippen molar-refractivity contribution in [1.29, 1.82) is 0 Å². The minimum atomic E-state index is 0.515. The second-order valence-electron chi connectivity index (χ2n) is 4.09. The molecule has 0 amide bonds. The van der Waals surface area contributed by atoms with E-state index >= 15 is 0 Å². The molecule has 0 aromatic carbocycles. The van der Waals surface area contributed by atoms with Crippen molar-refractivity contribution in [2.24, 2.45) is 0 Å². The Bertz CT molecular complexity index is 360. The van der Waals surface area contributed by atoms with Crippen LogP contribution in [0.2, 0.25) is 5.02 Å². The van der Waals surface area contributed by atoms with E-state index in [0.29, 0.717) is 6.04 Å². The van der Waals surface area contributed by atoms with Gasteiger partial charge in [0, 0.05) is 25.4 Å². The molecule has 1 N–H and O–H groups in total. The quantitative estimate of drug-likeness (QED) is 0.863. The smallest absolute Gasteiger partial charge is 0.126 e. The van der Waals surface area contributed by atoms with Gasteiger partial charge in [0.2, 0.25) is 0 Å². The number of nitrogens with zero attached hydrogens (tertiary/aromatic N) is 2. The average Bonchev–Trinajstić information content (AvgIpc) is 2.32. The van der Waals surface area contributed by atoms with E-state index in [-0.39, 0.29) is 0 Å². The van der Waals surface area contributed by atoms with Crippen molar-refractivity contribution in [2.45, 2.75) is 19.5 Å². The first-order valence-corrected chi connectivity index (χ1v) is 7.38. The summed E-state index contributed by atoms with van der Waals surface area (Å²) in [7, 11) is 3.96. The molecule has 1 unspecified atom stereocenters. The van der Waals surface area contributed by atoms with Crippen LogP contribution in [0.3, 0.4) is 0 Å². The van der Waals surface area contributed by atoms with E-state index in [1.807, 2.05) is 30.9 Å². The molecule has 0 aliphatic heterocycles. The largest absolute Gasteiger partial charge is 0.373 e. The predicted octanol–water partition coefficient (Wildman–Crippen LogP) is 2.96. The molecule has 0 saturated heterocycles. The van der Waals surface area contributed by atoms with E-state index in [1.165, 1.54) is 0 Å². The zero-order chi connectivity index (χ0) is 12.8. The van der Waals surface area contributed by atoms with Crippen molar-refractivity contribution >= 4 is 29.2 Å². The standard InChI is InChI=1S/C12H20ClN3S/c1-9(8-17-4)16(3)7-11-10(13)5-6-12(14-2)15-11/h5-6,9H,7-8H2,1-4H3,(H,14,15). The van der Waals surface area contributed by atoms with E-state index in [1.54, 1.807) is 0 Å². The molecular formula is C12H20ClN3S. The molecule has 1 atom stereocenters. The highest BCUT2D eigenvalue weighted by molar-refractivity contribution is 7.98. The number of nitrogens with one attached hydrogen (secondary N) is 1. The molecule has 0 fully saturated rings. The predicted molar refractivity (Wildman–Crippen MR) is 78.1 cm³/mol. The molecule has 17 heavy (non-hydrogen) atoms. The molecule has 0 radical (unpaired) electrons. The lowest BCUT2D eigenvalue weighted by atomic mass is 10.3. The summed E-state index contributed by atoms with van der Waals surface area (Å²) >= 11 is 8.01. The van der Waals surface area contributed by atoms with Crippen molar-refractivity contribution in [3.63, 3.8) is 0 Å². The Morgan fingerprint density at radius 2 is 2.24 bits per heavy atom. The van der Waals surface area contributed by atoms with E-state index in [9.17, 15) is 0 Å². The number of anilines is 1. The van der Waals surface area contributed by atoms with Crippen LogP contribution >= 0.6 is 23.4 Å². The Morgan fingerprint density at radius 3 is 2.82 bits per heavy atom. The third kappa shape index (κ3) is 4.37. The maximum absolute atomic E-state index is 6.16. The van der Waals surface area contributed by atoms with Gasteiger partial charge in [-0.3, -0.25) is 4.90 Å². The van der Waals surface area contributed by atoms with Gasteiger partial charge in [0.25, 0.3) is 0 Å². The Labute approximate surface area is 113 Å². The highest BCUT2D eigenvalue weighted by Gasteiger charge is 2.12. The fourth-order valence-electron chi connectivity index (χ4n) is 1.49. The molecule has 0 bridgehead atoms. The number of pyridine rings is 1. The zero-order valence-electron chi connectivity index (χ0n) is 10.8. The van der Waals surface area contributed by atoms with Crippen LogP contribution in [0, 0.1) is 0 Å². The minimum Gasteiger partial charge on any atom is -0.373 e. The van der Waals surface area contributed by atoms with Crippen molar-refractivity contribution in [3.8, 4) is 0 Å². The number of thioether (sulfide) groups is 1. The van der Waals surface area contributed by atoms with Gasteiger partial charge in [-0.05, 0) is 32.4 Å². The van der Waals surface area contributed by atoms with E-state index in [4.69, 9.17) is 11.6 Å². The summed E-state index contributed by atoms with van der Waals surface area (Å²) in [5.74, 6) is 1.97. The van der Waals surface area contributed by atoms with E-state index in [2.05, 4.69) is 35.4 Å². The lowest BCUT2D eigenvalue weighted by molar-refractivity contribution is 0.267. The van der Waals surface area contributed by atoms with Crippen LogP contribution in [0.1, 0.15) is 12.6 Å². The molecule has 5 heteroatoms. The summed E-state index contributed by atoms with van der Waals surface area (Å²) < 4.78 is 0. The summed E-state index contributed by atoms with van der Waals surface area (Å²) in [4.78, 5) is 6.75. The third-order valence-electron chi connectivity index (χ3n) is 2.73. The van der Waals surface area contributed by atoms with Crippen LogP contribution in [0.4, 0.5) is 5.82 Å². The van der Waals surface area contributed by atoms with Crippen LogP contribution in [0.5, 0.6) is 0 Å². The van der Waals surface area contributed by atoms with E-state index < -0.39 is 0 Å². The van der Waals surface area contributed by atoms with Gasteiger partial charge >= 0.3 is 0 Å². The fourth-order valence-corrected chi connectivity index (χ4v) is 2.40. The van der Waals surface area contributed by atoms with Gasteiger partial charge in [-0.25, -0.2) is 4.98 Å². The van der Waals surface area contributed by atoms with Gasteiger partial charge in [0.15, 0.2) is 0 Å². The Kier molecular flexibility index (Phi) is 6.09. The molecule has 1 aromatic rings. The highest BCUT2D eigenvalue weighted by atomic mass is 35.5. The Hall–Kier alpha value is -0.450. The number of hydrogen-bond acceptors (Lipinski definition) is 4. The maximum atomic E-state index is 6.16. The lowest BCUT2D eigenvalue weighted by Crippen LogP contribution is -2.30. The normalized spacial score (nSPS) is 12.8. The summed E-state index contributed by atoms with van der Waals surface area (Å²) in [5, 5.41) is 3.76. The van der Waals surface area contributed by atoms with Crippen LogP contribution in [0.15, 0.2) is 12.1 Å². The summed E-state index contributed by atoms with van der Waals surface area (Å²) in [5.41, 5.74) is 0.925. The molecule has 1 heterocycles. The minimum absolute atomic E-state index is 0.515. The molecule has 0 aliphatic carbocycles. The number of halogens is 1. The summed E-state index contributed by atoms with van der Waals surface area (Å²) in [6.07, 6.45) is 2.12. The van der Waals surface area contributed by atoms with Crippen LogP contribution in [-0.2, 0) is 6.54 Å². The number of hydrogen-bond donors (Lipinski definition) is 1. The molecule has 0 spiro atoms. The van der Waals surface area contributed by atoms with Gasteiger partial charge in [0.05, 0.1) is 10.7 Å². The van der Waals surface area contributed by atoms with E-state index in [0.717, 1.165) is 28.8 Å². The first-order valence-electron chi connectivity index (χ1n) is 5.60. The Morgan fingerprint density at radius 1 is 1.53 bits per heavy atom. The fraction of sp³-hybridized carbons (Fsp3) is 0.583. The molecule has 96 valence electrons. The molecule has 0 aliphatic rings. The topological polar surface area (TPSA) is 28.2 Å². The first kappa shape index (κ1) is 14.6. The first-order chi connectivity index (χ1) is 8.08. The lowest BCUT2D eigenvalue weighted by Gasteiger charge is -2.24. The monoisotopic (exact) mass is 273 g/mol. The van der Waals surface area contributed by atoms with Gasteiger partial charge in [-0.1, -0.05) is 11.6 Å². The average molecular weight is 274 g/mol. The van der Waals surface area contributed by atoms with Crippen molar-refractivity contribution in [2.75, 3.05) is 31.4 Å². The molecule has 0 saturated carbocycles. The van der Waals surface area contributed by atoms with Crippen LogP contribution < -0.4 is 5.32 Å². The summed E-state index contributed by atoms with van der Waals surface area (Å²) in [6, 6.07) is 4.29. The van der Waals surface area contributed by atoms with Crippen molar-refractivity contribution in [3.05, 3.63) is 22.8 Å². The highest BCUT2D eigenvalue weighted by Crippen LogP contribution is 2.19. The van der Waals surface area contributed by atoms with Crippen molar-refractivity contribution < 1.29 is 0 Å². The second-order valence-corrected chi connectivity index (χ2v) is 5.41. The van der Waals surface area contributed by atoms with Gasteiger partial charge < -0.3 is 5.32 Å².